The van der Waals surface area contributed by atoms with Crippen molar-refractivity contribution >= 4 is 23.5 Å². The number of ether oxygens (including phenoxy) is 1. The molecule has 3 rings (SSSR count). The minimum atomic E-state index is -0.549. The largest absolute Gasteiger partial charge is 0.462 e. The summed E-state index contributed by atoms with van der Waals surface area (Å²) in [6, 6.07) is 15.8. The number of carbonyl (C=O) groups is 2. The van der Waals surface area contributed by atoms with E-state index >= 15 is 0 Å². The summed E-state index contributed by atoms with van der Waals surface area (Å²) in [6.07, 6.45) is 2.79. The molecular weight excluding hydrogens is 374 g/mol. The summed E-state index contributed by atoms with van der Waals surface area (Å²) in [6.45, 7) is 2.05. The zero-order valence-corrected chi connectivity index (χ0v) is 15.5. The van der Waals surface area contributed by atoms with Crippen LogP contribution >= 0.6 is 0 Å². The normalized spacial score (nSPS) is 10.8. The van der Waals surface area contributed by atoms with Gasteiger partial charge in [0.2, 0.25) is 0 Å². The molecule has 7 heteroatoms. The van der Waals surface area contributed by atoms with Gasteiger partial charge in [-0.3, -0.25) is 14.9 Å². The van der Waals surface area contributed by atoms with Crippen LogP contribution in [0.5, 0.6) is 0 Å². The van der Waals surface area contributed by atoms with Gasteiger partial charge < -0.3 is 9.15 Å². The molecule has 0 N–H and O–H groups in total. The zero-order chi connectivity index (χ0) is 20.8. The Morgan fingerprint density at radius 3 is 2.52 bits per heavy atom. The Kier molecular flexibility index (Phi) is 5.99. The van der Waals surface area contributed by atoms with Gasteiger partial charge in [-0.05, 0) is 43.3 Å². The van der Waals surface area contributed by atoms with Crippen molar-refractivity contribution in [3.05, 3.63) is 93.7 Å². The highest BCUT2D eigenvalue weighted by Crippen LogP contribution is 2.24. The third-order valence-corrected chi connectivity index (χ3v) is 4.05. The monoisotopic (exact) mass is 391 g/mol. The average molecular weight is 391 g/mol. The first-order valence-electron chi connectivity index (χ1n) is 8.82. The summed E-state index contributed by atoms with van der Waals surface area (Å²) < 4.78 is 10.7. The van der Waals surface area contributed by atoms with Crippen LogP contribution in [-0.2, 0) is 4.74 Å². The SMILES string of the molecule is CCOC(=O)c1ccc(-c2ccc(/C=C/C(=O)c3cccc([N+](=O)[O-])c3)o2)cc1. The Labute approximate surface area is 166 Å². The van der Waals surface area contributed by atoms with Gasteiger partial charge in [0.1, 0.15) is 11.5 Å². The van der Waals surface area contributed by atoms with Crippen molar-refractivity contribution in [1.29, 1.82) is 0 Å². The highest BCUT2D eigenvalue weighted by atomic mass is 16.6. The zero-order valence-electron chi connectivity index (χ0n) is 15.5. The Bertz CT molecular complexity index is 1080. The number of esters is 1. The molecule has 146 valence electrons. The number of benzene rings is 2. The van der Waals surface area contributed by atoms with E-state index in [1.165, 1.54) is 36.4 Å². The fourth-order valence-electron chi connectivity index (χ4n) is 2.61. The van der Waals surface area contributed by atoms with Gasteiger partial charge in [0, 0.05) is 23.3 Å². The minimum Gasteiger partial charge on any atom is -0.462 e. The van der Waals surface area contributed by atoms with Gasteiger partial charge in [-0.25, -0.2) is 4.79 Å². The molecule has 1 heterocycles. The van der Waals surface area contributed by atoms with E-state index in [1.807, 2.05) is 0 Å². The second-order valence-corrected chi connectivity index (χ2v) is 6.00. The van der Waals surface area contributed by atoms with Gasteiger partial charge in [-0.15, -0.1) is 0 Å². The second kappa shape index (κ2) is 8.79. The highest BCUT2D eigenvalue weighted by molar-refractivity contribution is 6.07. The highest BCUT2D eigenvalue weighted by Gasteiger charge is 2.10. The van der Waals surface area contributed by atoms with Gasteiger partial charge in [-0.1, -0.05) is 24.3 Å². The van der Waals surface area contributed by atoms with E-state index < -0.39 is 4.92 Å². The molecule has 0 aliphatic rings. The van der Waals surface area contributed by atoms with E-state index in [-0.39, 0.29) is 23.0 Å². The van der Waals surface area contributed by atoms with Crippen molar-refractivity contribution in [2.75, 3.05) is 6.61 Å². The number of nitro groups is 1. The summed E-state index contributed by atoms with van der Waals surface area (Å²) in [5.41, 5.74) is 1.29. The summed E-state index contributed by atoms with van der Waals surface area (Å²) in [7, 11) is 0. The topological polar surface area (TPSA) is 99.7 Å². The molecule has 0 amide bonds. The van der Waals surface area contributed by atoms with Crippen LogP contribution in [0.3, 0.4) is 0 Å². The van der Waals surface area contributed by atoms with E-state index in [4.69, 9.17) is 9.15 Å². The van der Waals surface area contributed by atoms with Crippen molar-refractivity contribution in [3.8, 4) is 11.3 Å². The van der Waals surface area contributed by atoms with Crippen molar-refractivity contribution in [2.45, 2.75) is 6.92 Å². The van der Waals surface area contributed by atoms with E-state index in [2.05, 4.69) is 0 Å². The number of nitrogens with zero attached hydrogens (tertiary/aromatic N) is 1. The van der Waals surface area contributed by atoms with E-state index in [1.54, 1.807) is 43.3 Å². The first-order chi connectivity index (χ1) is 14.0. The molecule has 0 fully saturated rings. The molecule has 0 radical (unpaired) electrons. The number of rotatable bonds is 7. The maximum Gasteiger partial charge on any atom is 0.338 e. The molecular formula is C22H17NO6. The predicted octanol–water partition coefficient (Wildman–Crippen LogP) is 4.93. The number of nitro benzene ring substituents is 1. The number of furan rings is 1. The molecule has 1 aromatic heterocycles. The maximum atomic E-state index is 12.2. The molecule has 3 aromatic rings. The van der Waals surface area contributed by atoms with Crippen LogP contribution in [0.4, 0.5) is 5.69 Å². The number of hydrogen-bond acceptors (Lipinski definition) is 6. The Morgan fingerprint density at radius 2 is 1.83 bits per heavy atom. The first kappa shape index (κ1) is 19.8. The lowest BCUT2D eigenvalue weighted by Gasteiger charge is -2.02. The lowest BCUT2D eigenvalue weighted by atomic mass is 10.1. The standard InChI is InChI=1S/C22H17NO6/c1-2-28-22(25)16-8-6-15(7-9-16)21-13-11-19(29-21)10-12-20(24)17-4-3-5-18(14-17)23(26)27/h3-14H,2H2,1H3/b12-10+. The first-order valence-corrected chi connectivity index (χ1v) is 8.82. The Hall–Kier alpha value is -4.00. The van der Waals surface area contributed by atoms with Crippen LogP contribution in [0.15, 0.2) is 71.2 Å². The number of non-ortho nitro benzene ring substituents is 1. The average Bonchev–Trinajstić information content (AvgIpc) is 3.21. The number of allylic oxidation sites excluding steroid dienone is 1. The van der Waals surface area contributed by atoms with Crippen molar-refractivity contribution < 1.29 is 23.7 Å². The number of carbonyl (C=O) groups excluding carboxylic acids is 2. The summed E-state index contributed by atoms with van der Waals surface area (Å²) in [4.78, 5) is 34.2. The molecule has 0 spiro atoms. The fraction of sp³-hybridized carbons (Fsp3) is 0.0909. The molecule has 29 heavy (non-hydrogen) atoms. The van der Waals surface area contributed by atoms with Crippen molar-refractivity contribution in [1.82, 2.24) is 0 Å². The van der Waals surface area contributed by atoms with Crippen LogP contribution in [0, 0.1) is 10.1 Å². The number of hydrogen-bond donors (Lipinski definition) is 0. The Balaban J connectivity index is 1.71. The third-order valence-electron chi connectivity index (χ3n) is 4.05. The quantitative estimate of drug-likeness (QED) is 0.186. The van der Waals surface area contributed by atoms with Crippen molar-refractivity contribution in [3.63, 3.8) is 0 Å². The molecule has 0 atom stereocenters. The maximum absolute atomic E-state index is 12.2. The van der Waals surface area contributed by atoms with Gasteiger partial charge in [0.05, 0.1) is 17.1 Å². The molecule has 0 aliphatic heterocycles. The van der Waals surface area contributed by atoms with Crippen molar-refractivity contribution in [2.24, 2.45) is 0 Å². The van der Waals surface area contributed by atoms with Crippen LogP contribution < -0.4 is 0 Å². The summed E-state index contributed by atoms with van der Waals surface area (Å²) >= 11 is 0. The third kappa shape index (κ3) is 4.84. The second-order valence-electron chi connectivity index (χ2n) is 6.00. The lowest BCUT2D eigenvalue weighted by Crippen LogP contribution is -2.03. The fourth-order valence-corrected chi connectivity index (χ4v) is 2.61. The van der Waals surface area contributed by atoms with E-state index in [0.717, 1.165) is 5.56 Å². The van der Waals surface area contributed by atoms with Gasteiger partial charge in [-0.2, -0.15) is 0 Å². The van der Waals surface area contributed by atoms with Crippen LogP contribution in [-0.4, -0.2) is 23.3 Å². The van der Waals surface area contributed by atoms with Crippen LogP contribution in [0.1, 0.15) is 33.4 Å². The predicted molar refractivity (Wildman–Crippen MR) is 107 cm³/mol. The summed E-state index contributed by atoms with van der Waals surface area (Å²) in [5.74, 6) is 0.267. The van der Waals surface area contributed by atoms with E-state index in [9.17, 15) is 19.7 Å². The van der Waals surface area contributed by atoms with Gasteiger partial charge in [0.15, 0.2) is 5.78 Å². The number of ketones is 1. The molecule has 2 aromatic carbocycles. The Morgan fingerprint density at radius 1 is 1.07 bits per heavy atom. The molecule has 0 bridgehead atoms. The van der Waals surface area contributed by atoms with E-state index in [0.29, 0.717) is 23.7 Å². The van der Waals surface area contributed by atoms with Gasteiger partial charge >= 0.3 is 5.97 Å². The molecule has 7 nitrogen and oxygen atoms in total. The smallest absolute Gasteiger partial charge is 0.338 e. The van der Waals surface area contributed by atoms with Crippen LogP contribution in [0.2, 0.25) is 0 Å². The molecule has 0 saturated carbocycles. The minimum absolute atomic E-state index is 0.143. The molecule has 0 unspecified atom stereocenters. The van der Waals surface area contributed by atoms with Gasteiger partial charge in [0.25, 0.3) is 5.69 Å². The van der Waals surface area contributed by atoms with Crippen LogP contribution in [0.25, 0.3) is 17.4 Å². The summed E-state index contributed by atoms with van der Waals surface area (Å²) in [5, 5.41) is 10.8. The molecule has 0 saturated heterocycles. The molecule has 0 aliphatic carbocycles. The lowest BCUT2D eigenvalue weighted by molar-refractivity contribution is -0.384.